The first kappa shape index (κ1) is 58.7. The summed E-state index contributed by atoms with van der Waals surface area (Å²) in [5.74, 6) is -1.88. The van der Waals surface area contributed by atoms with E-state index in [1.54, 1.807) is 0 Å². The summed E-state index contributed by atoms with van der Waals surface area (Å²) < 4.78 is 4.79. The minimum atomic E-state index is -1.08. The molecule has 6 N–H and O–H groups in total. The van der Waals surface area contributed by atoms with Crippen molar-refractivity contribution in [2.75, 3.05) is 78.5 Å². The number of aliphatic carboxylic acids is 5. The zero-order chi connectivity index (χ0) is 38.3. The van der Waals surface area contributed by atoms with Gasteiger partial charge in [-0.05, 0) is 73.6 Å². The van der Waals surface area contributed by atoms with Crippen molar-refractivity contribution >= 4 is 47.7 Å². The van der Waals surface area contributed by atoms with E-state index >= 15 is 0 Å². The molecule has 2 radical (unpaired) electrons. The van der Waals surface area contributed by atoms with E-state index in [-0.39, 0.29) is 44.4 Å². The Labute approximate surface area is 337 Å². The molecule has 0 aliphatic carbocycles. The van der Waals surface area contributed by atoms with Crippen LogP contribution in [0.2, 0.25) is 0 Å². The molecule has 0 aromatic rings. The Kier molecular flexibility index (Phi) is 42.2. The van der Waals surface area contributed by atoms with Gasteiger partial charge in [0.1, 0.15) is 0 Å². The Morgan fingerprint density at radius 1 is 0.566 bits per heavy atom. The largest absolute Gasteiger partial charge is 2.00 e. The SMILES string of the molecule is C1CN=C2[N-]CCCN2C1.C1CNC2=[N+](C1)CCCN2.C1CNC2=[N+](C1)CCCN2.CC(=O)[O-].CC(=O)[O-].CC(=O)[O-].CC(=O)[O-].CC(=O)[O-].O.[Rh+2].[Rh+2]. The summed E-state index contributed by atoms with van der Waals surface area (Å²) in [4.78, 5) is 51.1. The molecule has 0 unspecified atom stereocenters. The fourth-order valence-electron chi connectivity index (χ4n) is 4.59. The zero-order valence-electron chi connectivity index (χ0n) is 31.2. The number of carbonyl (C=O) groups is 5. The van der Waals surface area contributed by atoms with Crippen LogP contribution >= 0.6 is 0 Å². The smallest absolute Gasteiger partial charge is 0.550 e. The maximum absolute atomic E-state index is 8.89. The second-order valence-corrected chi connectivity index (χ2v) is 11.0. The molecule has 0 amide bonds. The van der Waals surface area contributed by atoms with Crippen LogP contribution in [0.5, 0.6) is 0 Å². The number of aliphatic imine (C=N–C) groups is 1. The topological polar surface area (TPSA) is 316 Å². The normalized spacial score (nSPS) is 16.4. The van der Waals surface area contributed by atoms with Crippen LogP contribution in [0.25, 0.3) is 5.32 Å². The van der Waals surface area contributed by atoms with E-state index in [2.05, 4.69) is 45.6 Å². The van der Waals surface area contributed by atoms with E-state index in [0.717, 1.165) is 79.8 Å². The summed E-state index contributed by atoms with van der Waals surface area (Å²) >= 11 is 0. The number of carboxylic acids is 5. The molecular formula is C31H57N9O11Rh2. The van der Waals surface area contributed by atoms with Gasteiger partial charge in [0.25, 0.3) is 0 Å². The Bertz CT molecular complexity index is 949. The third-order valence-corrected chi connectivity index (χ3v) is 6.18. The summed E-state index contributed by atoms with van der Waals surface area (Å²) in [6.07, 6.45) is 7.55. The van der Waals surface area contributed by atoms with Crippen molar-refractivity contribution in [1.29, 1.82) is 0 Å². The van der Waals surface area contributed by atoms with Crippen molar-refractivity contribution in [3.8, 4) is 0 Å². The van der Waals surface area contributed by atoms with E-state index in [0.29, 0.717) is 0 Å². The number of fused-ring (bicyclic) bond motifs is 1. The van der Waals surface area contributed by atoms with Crippen LogP contribution in [0.3, 0.4) is 0 Å². The molecule has 6 aliphatic heterocycles. The fourth-order valence-corrected chi connectivity index (χ4v) is 4.59. The Hall–Kier alpha value is -3.63. The molecule has 53 heavy (non-hydrogen) atoms. The Morgan fingerprint density at radius 2 is 0.849 bits per heavy atom. The second kappa shape index (κ2) is 38.1. The van der Waals surface area contributed by atoms with Crippen LogP contribution in [0.4, 0.5) is 0 Å². The summed E-state index contributed by atoms with van der Waals surface area (Å²) in [5, 5.41) is 62.2. The molecule has 0 aromatic carbocycles. The number of carbonyl (C=O) groups excluding carboxylic acids is 5. The third kappa shape index (κ3) is 41.0. The fraction of sp³-hybridized carbons (Fsp3) is 0.742. The van der Waals surface area contributed by atoms with E-state index in [4.69, 9.17) is 49.5 Å². The molecule has 0 saturated carbocycles. The molecular weight excluding hydrogens is 880 g/mol. The molecule has 6 aliphatic rings. The van der Waals surface area contributed by atoms with Gasteiger partial charge in [0.05, 0.1) is 52.4 Å². The van der Waals surface area contributed by atoms with Crippen molar-refractivity contribution in [2.24, 2.45) is 4.99 Å². The third-order valence-electron chi connectivity index (χ3n) is 6.18. The van der Waals surface area contributed by atoms with Crippen molar-refractivity contribution in [2.45, 2.75) is 73.1 Å². The molecule has 0 atom stereocenters. The standard InChI is InChI=1S/2C7H13N3.C7H12N3.5C2H4O2.H2O.2Rh/c3*1-3-8-7-9-4-2-6-10(7)5-1;5*1-2(3)4;;;/h2*1-6H2,(H,8,9);1-6H2;5*1H3,(H,3,4);1H2;;/q;;-1;;;;;;;2*+2/p-3. The van der Waals surface area contributed by atoms with E-state index < -0.39 is 29.8 Å². The first-order chi connectivity index (χ1) is 23.6. The van der Waals surface area contributed by atoms with Crippen LogP contribution in [-0.4, -0.2) is 146 Å². The second-order valence-electron chi connectivity index (χ2n) is 11.0. The Balaban J connectivity index is -0.000000172. The Morgan fingerprint density at radius 3 is 1.11 bits per heavy atom. The first-order valence-electron chi connectivity index (χ1n) is 16.6. The predicted octanol–water partition coefficient (Wildman–Crippen LogP) is -7.54. The molecule has 0 spiro atoms. The minimum Gasteiger partial charge on any atom is -0.550 e. The average molecular weight is 938 g/mol. The maximum atomic E-state index is 8.89. The molecule has 1 fully saturated rings. The minimum absolute atomic E-state index is 0. The van der Waals surface area contributed by atoms with Crippen LogP contribution < -0.4 is 46.8 Å². The van der Waals surface area contributed by atoms with E-state index in [1.807, 2.05) is 0 Å². The average Bonchev–Trinajstić information content (AvgIpc) is 3.04. The zero-order valence-corrected chi connectivity index (χ0v) is 34.5. The summed E-state index contributed by atoms with van der Waals surface area (Å²) in [6, 6.07) is 0. The number of nitrogens with one attached hydrogen (secondary N) is 4. The van der Waals surface area contributed by atoms with E-state index in [1.165, 1.54) is 89.7 Å². The van der Waals surface area contributed by atoms with Crippen LogP contribution in [0, 0.1) is 0 Å². The van der Waals surface area contributed by atoms with Gasteiger partial charge in [-0.1, -0.05) is 0 Å². The van der Waals surface area contributed by atoms with Gasteiger partial charge >= 0.3 is 50.9 Å². The number of hydrogen-bond acceptors (Lipinski definition) is 16. The first-order valence-corrected chi connectivity index (χ1v) is 16.6. The summed E-state index contributed by atoms with van der Waals surface area (Å²) in [6.45, 7) is 18.6. The molecule has 0 bridgehead atoms. The summed E-state index contributed by atoms with van der Waals surface area (Å²) in [5.41, 5.74) is 0. The van der Waals surface area contributed by atoms with Gasteiger partial charge < -0.3 is 70.2 Å². The summed E-state index contributed by atoms with van der Waals surface area (Å²) in [7, 11) is 0. The van der Waals surface area contributed by atoms with Crippen molar-refractivity contribution in [1.82, 2.24) is 26.2 Å². The van der Waals surface area contributed by atoms with E-state index in [9.17, 15) is 0 Å². The number of nitrogens with zero attached hydrogens (tertiary/aromatic N) is 5. The number of hydrogen-bond donors (Lipinski definition) is 4. The van der Waals surface area contributed by atoms with Crippen molar-refractivity contribution in [3.05, 3.63) is 5.32 Å². The van der Waals surface area contributed by atoms with Crippen LogP contribution in [-0.2, 0) is 62.9 Å². The molecule has 6 heterocycles. The number of rotatable bonds is 0. The molecule has 6 rings (SSSR count). The van der Waals surface area contributed by atoms with Crippen molar-refractivity contribution in [3.63, 3.8) is 0 Å². The van der Waals surface area contributed by atoms with Crippen LogP contribution in [0.1, 0.15) is 73.1 Å². The molecule has 20 nitrogen and oxygen atoms in total. The predicted molar refractivity (Wildman–Crippen MR) is 179 cm³/mol. The van der Waals surface area contributed by atoms with Crippen molar-refractivity contribution < 1.29 is 103 Å². The quantitative estimate of drug-likeness (QED) is 0.130. The molecule has 0 aromatic heterocycles. The number of carboxylic acid groups (broad SMARTS) is 5. The van der Waals surface area contributed by atoms with Gasteiger partial charge in [0, 0.05) is 61.5 Å². The van der Waals surface area contributed by atoms with Gasteiger partial charge in [-0.3, -0.25) is 30.4 Å². The van der Waals surface area contributed by atoms with Gasteiger partial charge in [-0.15, -0.1) is 0 Å². The maximum Gasteiger partial charge on any atom is 2.00 e. The monoisotopic (exact) mass is 937 g/mol. The van der Waals surface area contributed by atoms with Gasteiger partial charge in [0.15, 0.2) is 0 Å². The van der Waals surface area contributed by atoms with Gasteiger partial charge in [0.2, 0.25) is 0 Å². The molecule has 310 valence electrons. The molecule has 1 saturated heterocycles. The van der Waals surface area contributed by atoms with Gasteiger partial charge in [-0.2, -0.15) is 0 Å². The van der Waals surface area contributed by atoms with Gasteiger partial charge in [-0.25, -0.2) is 0 Å². The molecule has 22 heteroatoms. The number of guanidine groups is 3. The van der Waals surface area contributed by atoms with Crippen LogP contribution in [0.15, 0.2) is 4.99 Å².